The van der Waals surface area contributed by atoms with E-state index in [0.29, 0.717) is 10.2 Å². The van der Waals surface area contributed by atoms with Crippen LogP contribution in [0.4, 0.5) is 5.82 Å². The van der Waals surface area contributed by atoms with Crippen molar-refractivity contribution in [1.29, 1.82) is 0 Å². The SMILES string of the molecule is Cl.NC(=O)c1c(Br)nn([C@H]2CCNC2)c1NCC1CC1. The van der Waals surface area contributed by atoms with Crippen molar-refractivity contribution in [2.45, 2.75) is 25.3 Å². The average Bonchev–Trinajstić information content (AvgIpc) is 2.91. The van der Waals surface area contributed by atoms with Gasteiger partial charge in [-0.2, -0.15) is 5.10 Å². The summed E-state index contributed by atoms with van der Waals surface area (Å²) in [5, 5.41) is 11.1. The van der Waals surface area contributed by atoms with Gasteiger partial charge in [-0.25, -0.2) is 4.68 Å². The van der Waals surface area contributed by atoms with E-state index in [4.69, 9.17) is 5.73 Å². The largest absolute Gasteiger partial charge is 0.369 e. The lowest BCUT2D eigenvalue weighted by molar-refractivity contribution is 0.100. The highest BCUT2D eigenvalue weighted by Gasteiger charge is 2.28. The normalized spacial score (nSPS) is 21.6. The molecule has 2 fully saturated rings. The fourth-order valence-corrected chi connectivity index (χ4v) is 3.02. The molecule has 0 radical (unpaired) electrons. The fraction of sp³-hybridized carbons (Fsp3) is 0.667. The van der Waals surface area contributed by atoms with E-state index in [1.54, 1.807) is 0 Å². The lowest BCUT2D eigenvalue weighted by Gasteiger charge is -2.15. The van der Waals surface area contributed by atoms with Gasteiger partial charge in [-0.3, -0.25) is 4.79 Å². The van der Waals surface area contributed by atoms with Crippen LogP contribution in [0.25, 0.3) is 0 Å². The van der Waals surface area contributed by atoms with Gasteiger partial charge in [0.15, 0.2) is 0 Å². The topological polar surface area (TPSA) is 85.0 Å². The molecule has 1 aliphatic heterocycles. The Morgan fingerprint density at radius 1 is 1.50 bits per heavy atom. The Bertz CT molecular complexity index is 496. The molecule has 8 heteroatoms. The zero-order chi connectivity index (χ0) is 13.4. The summed E-state index contributed by atoms with van der Waals surface area (Å²) in [5.74, 6) is 1.05. The average molecular weight is 365 g/mol. The van der Waals surface area contributed by atoms with Crippen molar-refractivity contribution < 1.29 is 4.79 Å². The standard InChI is InChI=1S/C12H18BrN5O.ClH/c13-10-9(11(14)19)12(16-5-7-1-2-7)18(17-10)8-3-4-15-6-8;/h7-8,15-16H,1-6H2,(H2,14,19);1H/t8-;/m0./s1. The number of rotatable bonds is 5. The zero-order valence-corrected chi connectivity index (χ0v) is 13.5. The number of primary amides is 1. The molecule has 2 aliphatic rings. The molecule has 1 atom stereocenters. The number of amides is 1. The number of nitrogens with one attached hydrogen (secondary N) is 2. The minimum atomic E-state index is -0.442. The summed E-state index contributed by atoms with van der Waals surface area (Å²) in [6, 6.07) is 0.283. The van der Waals surface area contributed by atoms with E-state index in [2.05, 4.69) is 31.7 Å². The highest BCUT2D eigenvalue weighted by molar-refractivity contribution is 9.10. The molecular formula is C12H19BrClN5O. The van der Waals surface area contributed by atoms with Crippen molar-refractivity contribution in [3.8, 4) is 0 Å². The molecule has 0 aromatic carbocycles. The summed E-state index contributed by atoms with van der Waals surface area (Å²) in [6.07, 6.45) is 3.54. The first-order valence-corrected chi connectivity index (χ1v) is 7.48. The van der Waals surface area contributed by atoms with Gasteiger partial charge in [0.2, 0.25) is 0 Å². The minimum Gasteiger partial charge on any atom is -0.369 e. The van der Waals surface area contributed by atoms with Gasteiger partial charge in [-0.15, -0.1) is 12.4 Å². The molecule has 1 amide bonds. The predicted octanol–water partition coefficient (Wildman–Crippen LogP) is 1.52. The smallest absolute Gasteiger partial charge is 0.255 e. The van der Waals surface area contributed by atoms with Crippen LogP contribution in [0.1, 0.15) is 35.7 Å². The van der Waals surface area contributed by atoms with E-state index in [1.807, 2.05) is 4.68 Å². The van der Waals surface area contributed by atoms with Crippen LogP contribution >= 0.6 is 28.3 Å². The van der Waals surface area contributed by atoms with Crippen LogP contribution in [0, 0.1) is 5.92 Å². The Kier molecular flexibility index (Phi) is 4.93. The quantitative estimate of drug-likeness (QED) is 0.739. The van der Waals surface area contributed by atoms with Gasteiger partial charge in [0.25, 0.3) is 5.91 Å². The predicted molar refractivity (Wildman–Crippen MR) is 83.4 cm³/mol. The van der Waals surface area contributed by atoms with E-state index in [1.165, 1.54) is 12.8 Å². The molecule has 4 N–H and O–H groups in total. The second-order valence-electron chi connectivity index (χ2n) is 5.29. The van der Waals surface area contributed by atoms with Crippen molar-refractivity contribution >= 4 is 40.1 Å². The summed E-state index contributed by atoms with van der Waals surface area (Å²) in [7, 11) is 0. The molecule has 112 valence electrons. The number of hydrogen-bond acceptors (Lipinski definition) is 4. The van der Waals surface area contributed by atoms with Crippen LogP contribution < -0.4 is 16.4 Å². The van der Waals surface area contributed by atoms with Gasteiger partial charge in [0, 0.05) is 13.1 Å². The van der Waals surface area contributed by atoms with Crippen LogP contribution in [-0.2, 0) is 0 Å². The summed E-state index contributed by atoms with van der Waals surface area (Å²) in [6.45, 7) is 2.75. The number of nitrogens with zero attached hydrogens (tertiary/aromatic N) is 2. The Hall–Kier alpha value is -0.790. The monoisotopic (exact) mass is 363 g/mol. The lowest BCUT2D eigenvalue weighted by atomic mass is 10.2. The number of carbonyl (C=O) groups excluding carboxylic acids is 1. The van der Waals surface area contributed by atoms with Crippen molar-refractivity contribution in [3.63, 3.8) is 0 Å². The van der Waals surface area contributed by atoms with Crippen LogP contribution in [0.2, 0.25) is 0 Å². The third-order valence-electron chi connectivity index (χ3n) is 3.75. The number of halogens is 2. The third kappa shape index (κ3) is 3.10. The molecule has 1 aromatic heterocycles. The van der Waals surface area contributed by atoms with Crippen molar-refractivity contribution in [2.75, 3.05) is 25.0 Å². The second kappa shape index (κ2) is 6.32. The number of aromatic nitrogens is 2. The molecule has 3 rings (SSSR count). The maximum Gasteiger partial charge on any atom is 0.255 e. The second-order valence-corrected chi connectivity index (χ2v) is 6.05. The minimum absolute atomic E-state index is 0. The molecule has 1 aliphatic carbocycles. The van der Waals surface area contributed by atoms with Crippen LogP contribution in [0.5, 0.6) is 0 Å². The maximum atomic E-state index is 11.6. The Labute approximate surface area is 132 Å². The van der Waals surface area contributed by atoms with Crippen molar-refractivity contribution in [2.24, 2.45) is 11.7 Å². The molecule has 0 unspecified atom stereocenters. The number of carbonyl (C=O) groups is 1. The van der Waals surface area contributed by atoms with Crippen molar-refractivity contribution in [3.05, 3.63) is 10.2 Å². The summed E-state index contributed by atoms with van der Waals surface area (Å²) >= 11 is 3.35. The van der Waals surface area contributed by atoms with Crippen LogP contribution in [0.3, 0.4) is 0 Å². The van der Waals surface area contributed by atoms with E-state index in [9.17, 15) is 4.79 Å². The zero-order valence-electron chi connectivity index (χ0n) is 11.1. The van der Waals surface area contributed by atoms with E-state index in [0.717, 1.165) is 37.8 Å². The molecule has 1 aromatic rings. The highest BCUT2D eigenvalue weighted by Crippen LogP contribution is 2.32. The van der Waals surface area contributed by atoms with Gasteiger partial charge in [-0.1, -0.05) is 0 Å². The Morgan fingerprint density at radius 3 is 2.80 bits per heavy atom. The molecule has 6 nitrogen and oxygen atoms in total. The van der Waals surface area contributed by atoms with Gasteiger partial charge < -0.3 is 16.4 Å². The first-order valence-electron chi connectivity index (χ1n) is 6.69. The molecule has 1 saturated heterocycles. The van der Waals surface area contributed by atoms with E-state index >= 15 is 0 Å². The molecule has 0 spiro atoms. The fourth-order valence-electron chi connectivity index (χ4n) is 2.47. The maximum absolute atomic E-state index is 11.6. The Morgan fingerprint density at radius 2 is 2.25 bits per heavy atom. The van der Waals surface area contributed by atoms with Crippen LogP contribution in [0.15, 0.2) is 4.60 Å². The van der Waals surface area contributed by atoms with Crippen LogP contribution in [-0.4, -0.2) is 35.3 Å². The molecule has 2 heterocycles. The van der Waals surface area contributed by atoms with Gasteiger partial charge >= 0.3 is 0 Å². The first-order chi connectivity index (χ1) is 9.16. The van der Waals surface area contributed by atoms with E-state index in [-0.39, 0.29) is 18.4 Å². The number of nitrogens with two attached hydrogens (primary N) is 1. The molecular weight excluding hydrogens is 346 g/mol. The van der Waals surface area contributed by atoms with Gasteiger partial charge in [0.05, 0.1) is 6.04 Å². The van der Waals surface area contributed by atoms with Gasteiger partial charge in [-0.05, 0) is 47.7 Å². The highest BCUT2D eigenvalue weighted by atomic mass is 79.9. The summed E-state index contributed by atoms with van der Waals surface area (Å²) in [4.78, 5) is 11.6. The van der Waals surface area contributed by atoms with Gasteiger partial charge in [0.1, 0.15) is 16.0 Å². The van der Waals surface area contributed by atoms with E-state index < -0.39 is 5.91 Å². The Balaban J connectivity index is 0.00000147. The molecule has 1 saturated carbocycles. The summed E-state index contributed by atoms with van der Waals surface area (Å²) < 4.78 is 2.44. The summed E-state index contributed by atoms with van der Waals surface area (Å²) in [5.41, 5.74) is 5.94. The molecule has 0 bridgehead atoms. The van der Waals surface area contributed by atoms with Crippen molar-refractivity contribution in [1.82, 2.24) is 15.1 Å². The first kappa shape index (κ1) is 15.6. The molecule has 20 heavy (non-hydrogen) atoms. The third-order valence-corrected chi connectivity index (χ3v) is 4.30. The number of anilines is 1. The lowest BCUT2D eigenvalue weighted by Crippen LogP contribution is -2.20. The number of hydrogen-bond donors (Lipinski definition) is 3.